The summed E-state index contributed by atoms with van der Waals surface area (Å²) in [5.74, 6) is 6.72. The van der Waals surface area contributed by atoms with E-state index in [4.69, 9.17) is 0 Å². The van der Waals surface area contributed by atoms with Crippen LogP contribution in [0.4, 0.5) is 0 Å². The first-order valence-corrected chi connectivity index (χ1v) is 7.22. The van der Waals surface area contributed by atoms with Crippen molar-refractivity contribution < 1.29 is 5.11 Å². The highest BCUT2D eigenvalue weighted by Crippen LogP contribution is 2.37. The van der Waals surface area contributed by atoms with Crippen molar-refractivity contribution in [3.05, 3.63) is 0 Å². The fourth-order valence-corrected chi connectivity index (χ4v) is 3.23. The zero-order valence-corrected chi connectivity index (χ0v) is 11.7. The van der Waals surface area contributed by atoms with Crippen molar-refractivity contribution in [3.8, 4) is 11.8 Å². The Morgan fingerprint density at radius 3 is 2.89 bits per heavy atom. The fraction of sp³-hybridized carbons (Fsp3) is 0.867. The number of nitrogens with one attached hydrogen (secondary N) is 1. The van der Waals surface area contributed by atoms with Gasteiger partial charge in [-0.05, 0) is 33.5 Å². The molecule has 3 heteroatoms. The van der Waals surface area contributed by atoms with Crippen molar-refractivity contribution in [2.24, 2.45) is 5.92 Å². The summed E-state index contributed by atoms with van der Waals surface area (Å²) in [4.78, 5) is 2.13. The van der Waals surface area contributed by atoms with Gasteiger partial charge in [-0.2, -0.15) is 0 Å². The summed E-state index contributed by atoms with van der Waals surface area (Å²) >= 11 is 0. The van der Waals surface area contributed by atoms with E-state index >= 15 is 0 Å². The minimum Gasteiger partial charge on any atom is -0.377 e. The molecule has 0 amide bonds. The average molecular weight is 250 g/mol. The molecular weight excluding hydrogens is 224 g/mol. The number of rotatable bonds is 2. The Labute approximate surface area is 111 Å². The van der Waals surface area contributed by atoms with Crippen LogP contribution < -0.4 is 5.32 Å². The molecule has 2 aliphatic rings. The fourth-order valence-electron chi connectivity index (χ4n) is 3.23. The predicted molar refractivity (Wildman–Crippen MR) is 74.3 cm³/mol. The standard InChI is InChI=1S/C15H26N2O/c1-17(2)12-6-5-9-15(18)10-11-16-14-8-4-3-7-13(14)15/h13-14,16,18H,3-4,6-8,10-12H2,1-2H3. The molecule has 18 heavy (non-hydrogen) atoms. The molecule has 1 saturated heterocycles. The van der Waals surface area contributed by atoms with Crippen LogP contribution in [0.15, 0.2) is 0 Å². The Kier molecular flexibility index (Phi) is 4.66. The summed E-state index contributed by atoms with van der Waals surface area (Å²) in [7, 11) is 4.11. The van der Waals surface area contributed by atoms with E-state index in [0.717, 1.165) is 32.4 Å². The molecule has 2 N–H and O–H groups in total. The molecule has 1 saturated carbocycles. The number of piperidine rings is 1. The molecule has 3 unspecified atom stereocenters. The van der Waals surface area contributed by atoms with Crippen molar-refractivity contribution in [2.75, 3.05) is 27.2 Å². The molecule has 1 aliphatic carbocycles. The van der Waals surface area contributed by atoms with Gasteiger partial charge in [0.25, 0.3) is 0 Å². The number of hydrogen-bond donors (Lipinski definition) is 2. The monoisotopic (exact) mass is 250 g/mol. The van der Waals surface area contributed by atoms with Crippen LogP contribution >= 0.6 is 0 Å². The van der Waals surface area contributed by atoms with Gasteiger partial charge in [0.1, 0.15) is 5.60 Å². The van der Waals surface area contributed by atoms with Gasteiger partial charge in [0, 0.05) is 31.3 Å². The second-order valence-electron chi connectivity index (χ2n) is 5.98. The first-order chi connectivity index (χ1) is 8.62. The van der Waals surface area contributed by atoms with Gasteiger partial charge in [0.2, 0.25) is 0 Å². The van der Waals surface area contributed by atoms with Crippen LogP contribution in [0.1, 0.15) is 38.5 Å². The zero-order chi connectivity index (χ0) is 13.0. The van der Waals surface area contributed by atoms with Crippen molar-refractivity contribution in [2.45, 2.75) is 50.2 Å². The summed E-state index contributed by atoms with van der Waals surface area (Å²) in [5, 5.41) is 14.4. The molecule has 2 fully saturated rings. The van der Waals surface area contributed by atoms with Crippen molar-refractivity contribution in [1.82, 2.24) is 10.2 Å². The molecule has 2 rings (SSSR count). The summed E-state index contributed by atoms with van der Waals surface area (Å²) in [5.41, 5.74) is -0.733. The van der Waals surface area contributed by atoms with Crippen LogP contribution in [-0.2, 0) is 0 Å². The number of hydrogen-bond acceptors (Lipinski definition) is 3. The molecule has 0 aromatic carbocycles. The second kappa shape index (κ2) is 6.06. The van der Waals surface area contributed by atoms with E-state index in [2.05, 4.69) is 36.2 Å². The van der Waals surface area contributed by atoms with E-state index in [9.17, 15) is 5.11 Å². The number of fused-ring (bicyclic) bond motifs is 1. The number of aliphatic hydroxyl groups is 1. The van der Waals surface area contributed by atoms with Crippen molar-refractivity contribution >= 4 is 0 Å². The maximum Gasteiger partial charge on any atom is 0.130 e. The third kappa shape index (κ3) is 3.26. The molecule has 0 bridgehead atoms. The zero-order valence-electron chi connectivity index (χ0n) is 11.7. The largest absolute Gasteiger partial charge is 0.377 e. The van der Waals surface area contributed by atoms with Crippen LogP contribution in [-0.4, -0.2) is 48.8 Å². The van der Waals surface area contributed by atoms with E-state index in [1.807, 2.05) is 0 Å². The lowest BCUT2D eigenvalue weighted by Gasteiger charge is -2.45. The Morgan fingerprint density at radius 1 is 1.33 bits per heavy atom. The van der Waals surface area contributed by atoms with E-state index < -0.39 is 5.60 Å². The first-order valence-electron chi connectivity index (χ1n) is 7.22. The lowest BCUT2D eigenvalue weighted by atomic mass is 9.70. The van der Waals surface area contributed by atoms with Gasteiger partial charge in [-0.25, -0.2) is 0 Å². The smallest absolute Gasteiger partial charge is 0.130 e. The lowest BCUT2D eigenvalue weighted by molar-refractivity contribution is -0.0253. The van der Waals surface area contributed by atoms with Gasteiger partial charge >= 0.3 is 0 Å². The van der Waals surface area contributed by atoms with Gasteiger partial charge in [0.05, 0.1) is 0 Å². The van der Waals surface area contributed by atoms with Crippen LogP contribution in [0, 0.1) is 17.8 Å². The Morgan fingerprint density at radius 2 is 2.11 bits per heavy atom. The summed E-state index contributed by atoms with van der Waals surface area (Å²) in [6.07, 6.45) is 6.48. The maximum atomic E-state index is 10.8. The molecule has 0 radical (unpaired) electrons. The highest BCUT2D eigenvalue weighted by Gasteiger charge is 2.43. The third-order valence-corrected chi connectivity index (χ3v) is 4.28. The number of nitrogens with zero attached hydrogens (tertiary/aromatic N) is 1. The van der Waals surface area contributed by atoms with E-state index in [1.54, 1.807) is 0 Å². The van der Waals surface area contributed by atoms with E-state index in [-0.39, 0.29) is 0 Å². The summed E-state index contributed by atoms with van der Waals surface area (Å²) in [6.45, 7) is 1.87. The second-order valence-corrected chi connectivity index (χ2v) is 5.98. The van der Waals surface area contributed by atoms with Crippen LogP contribution in [0.3, 0.4) is 0 Å². The minimum atomic E-state index is -0.733. The SMILES string of the molecule is CN(C)CCC#CC1(O)CCNC2CCCCC21. The van der Waals surface area contributed by atoms with E-state index in [1.165, 1.54) is 19.3 Å². The van der Waals surface area contributed by atoms with Gasteiger partial charge < -0.3 is 15.3 Å². The molecule has 3 nitrogen and oxygen atoms in total. The summed E-state index contributed by atoms with van der Waals surface area (Å²) < 4.78 is 0. The molecular formula is C15H26N2O. The van der Waals surface area contributed by atoms with Gasteiger partial charge in [-0.1, -0.05) is 24.7 Å². The molecule has 0 aromatic rings. The van der Waals surface area contributed by atoms with Crippen LogP contribution in [0.25, 0.3) is 0 Å². The van der Waals surface area contributed by atoms with E-state index in [0.29, 0.717) is 12.0 Å². The Hall–Kier alpha value is -0.560. The Bertz CT molecular complexity index is 329. The van der Waals surface area contributed by atoms with Crippen molar-refractivity contribution in [1.29, 1.82) is 0 Å². The highest BCUT2D eigenvalue weighted by molar-refractivity contribution is 5.19. The predicted octanol–water partition coefficient (Wildman–Crippen LogP) is 1.22. The normalized spacial score (nSPS) is 35.8. The summed E-state index contributed by atoms with van der Waals surface area (Å²) in [6, 6.07) is 0.487. The molecule has 3 atom stereocenters. The molecule has 0 spiro atoms. The third-order valence-electron chi connectivity index (χ3n) is 4.28. The average Bonchev–Trinajstić information content (AvgIpc) is 2.35. The quantitative estimate of drug-likeness (QED) is 0.724. The first kappa shape index (κ1) is 13.9. The maximum absolute atomic E-state index is 10.8. The topological polar surface area (TPSA) is 35.5 Å². The highest BCUT2D eigenvalue weighted by atomic mass is 16.3. The van der Waals surface area contributed by atoms with Gasteiger partial charge in [-0.3, -0.25) is 0 Å². The van der Waals surface area contributed by atoms with Gasteiger partial charge in [-0.15, -0.1) is 0 Å². The molecule has 0 aromatic heterocycles. The van der Waals surface area contributed by atoms with Crippen LogP contribution in [0.5, 0.6) is 0 Å². The molecule has 1 aliphatic heterocycles. The molecule has 1 heterocycles. The van der Waals surface area contributed by atoms with Crippen molar-refractivity contribution in [3.63, 3.8) is 0 Å². The van der Waals surface area contributed by atoms with Gasteiger partial charge in [0.15, 0.2) is 0 Å². The lowest BCUT2D eigenvalue weighted by Crippen LogP contribution is -2.56. The minimum absolute atomic E-state index is 0.340. The molecule has 102 valence electrons. The Balaban J connectivity index is 1.98. The van der Waals surface area contributed by atoms with Crippen LogP contribution in [0.2, 0.25) is 0 Å².